The van der Waals surface area contributed by atoms with Crippen molar-refractivity contribution in [3.63, 3.8) is 0 Å². The first-order valence-corrected chi connectivity index (χ1v) is 6.79. The molecule has 21 heavy (non-hydrogen) atoms. The van der Waals surface area contributed by atoms with Crippen LogP contribution >= 0.6 is 0 Å². The second kappa shape index (κ2) is 7.45. The van der Waals surface area contributed by atoms with E-state index in [0.29, 0.717) is 13.2 Å². The fraction of sp³-hybridized carbons (Fsp3) is 0.235. The van der Waals surface area contributed by atoms with Crippen molar-refractivity contribution in [2.45, 2.75) is 13.2 Å². The average Bonchev–Trinajstić information content (AvgIpc) is 2.47. The summed E-state index contributed by atoms with van der Waals surface area (Å²) in [7, 11) is 1.79. The maximum atomic E-state index is 10.6. The first-order chi connectivity index (χ1) is 10.1. The van der Waals surface area contributed by atoms with Crippen LogP contribution in [0.15, 0.2) is 54.6 Å². The third-order valence-corrected chi connectivity index (χ3v) is 3.03. The molecule has 0 amide bonds. The van der Waals surface area contributed by atoms with E-state index in [1.165, 1.54) is 0 Å². The molecule has 110 valence electrons. The minimum Gasteiger partial charge on any atom is -0.489 e. The zero-order chi connectivity index (χ0) is 15.1. The highest BCUT2D eigenvalue weighted by Crippen LogP contribution is 2.15. The molecule has 0 unspecified atom stereocenters. The van der Waals surface area contributed by atoms with Gasteiger partial charge in [0, 0.05) is 6.54 Å². The van der Waals surface area contributed by atoms with Crippen molar-refractivity contribution >= 4 is 5.97 Å². The summed E-state index contributed by atoms with van der Waals surface area (Å²) in [6.07, 6.45) is 0. The van der Waals surface area contributed by atoms with Gasteiger partial charge < -0.3 is 9.84 Å². The first-order valence-electron chi connectivity index (χ1n) is 6.79. The van der Waals surface area contributed by atoms with Crippen molar-refractivity contribution < 1.29 is 14.6 Å². The molecular weight excluding hydrogens is 266 g/mol. The molecule has 2 aromatic carbocycles. The van der Waals surface area contributed by atoms with Crippen molar-refractivity contribution in [3.8, 4) is 5.75 Å². The lowest BCUT2D eigenvalue weighted by atomic mass is 10.2. The number of hydrogen-bond acceptors (Lipinski definition) is 3. The van der Waals surface area contributed by atoms with E-state index in [9.17, 15) is 4.79 Å². The Balaban J connectivity index is 1.85. The van der Waals surface area contributed by atoms with Crippen LogP contribution in [0, 0.1) is 0 Å². The van der Waals surface area contributed by atoms with E-state index in [0.717, 1.165) is 16.9 Å². The summed E-state index contributed by atoms with van der Waals surface area (Å²) in [6.45, 7) is 1.18. The van der Waals surface area contributed by atoms with E-state index in [1.54, 1.807) is 11.9 Å². The molecule has 0 saturated carbocycles. The molecule has 0 radical (unpaired) electrons. The maximum absolute atomic E-state index is 10.6. The number of carboxylic acids is 1. The number of benzene rings is 2. The molecule has 0 aliphatic carbocycles. The Morgan fingerprint density at radius 2 is 1.71 bits per heavy atom. The molecule has 0 heterocycles. The molecule has 0 aliphatic rings. The summed E-state index contributed by atoms with van der Waals surface area (Å²) in [5.41, 5.74) is 2.19. The standard InChI is InChI=1S/C17H19NO3/c1-18(12-17(19)20)11-14-7-9-16(10-8-14)21-13-15-5-3-2-4-6-15/h2-10H,11-13H2,1H3,(H,19,20). The van der Waals surface area contributed by atoms with Gasteiger partial charge in [-0.2, -0.15) is 0 Å². The Bertz CT molecular complexity index is 566. The number of hydrogen-bond donors (Lipinski definition) is 1. The van der Waals surface area contributed by atoms with Gasteiger partial charge in [0.1, 0.15) is 12.4 Å². The van der Waals surface area contributed by atoms with Gasteiger partial charge in [0.2, 0.25) is 0 Å². The van der Waals surface area contributed by atoms with Gasteiger partial charge in [0.15, 0.2) is 0 Å². The van der Waals surface area contributed by atoms with Crippen LogP contribution in [0.25, 0.3) is 0 Å². The van der Waals surface area contributed by atoms with Crippen LogP contribution in [-0.2, 0) is 17.9 Å². The number of likely N-dealkylation sites (N-methyl/N-ethyl adjacent to an activating group) is 1. The Hall–Kier alpha value is -2.33. The molecule has 4 heteroatoms. The molecule has 0 spiro atoms. The molecule has 2 aromatic rings. The van der Waals surface area contributed by atoms with Gasteiger partial charge >= 0.3 is 5.97 Å². The molecule has 0 bridgehead atoms. The Labute approximate surface area is 124 Å². The highest BCUT2D eigenvalue weighted by Gasteiger charge is 2.05. The molecule has 0 aliphatic heterocycles. The van der Waals surface area contributed by atoms with E-state index < -0.39 is 5.97 Å². The third-order valence-electron chi connectivity index (χ3n) is 3.03. The second-order valence-electron chi connectivity index (χ2n) is 4.98. The first kappa shape index (κ1) is 15.1. The van der Waals surface area contributed by atoms with Crippen LogP contribution in [-0.4, -0.2) is 29.6 Å². The van der Waals surface area contributed by atoms with Gasteiger partial charge in [-0.3, -0.25) is 9.69 Å². The molecule has 2 rings (SSSR count). The highest BCUT2D eigenvalue weighted by atomic mass is 16.5. The number of carbonyl (C=O) groups is 1. The predicted molar refractivity (Wildman–Crippen MR) is 81.2 cm³/mol. The van der Waals surface area contributed by atoms with Crippen LogP contribution < -0.4 is 4.74 Å². The fourth-order valence-electron chi connectivity index (χ4n) is 2.03. The lowest BCUT2D eigenvalue weighted by Gasteiger charge is -2.14. The number of nitrogens with zero attached hydrogens (tertiary/aromatic N) is 1. The van der Waals surface area contributed by atoms with E-state index in [-0.39, 0.29) is 6.54 Å². The van der Waals surface area contributed by atoms with Gasteiger partial charge in [-0.15, -0.1) is 0 Å². The summed E-state index contributed by atoms with van der Waals surface area (Å²) < 4.78 is 5.71. The second-order valence-corrected chi connectivity index (χ2v) is 4.98. The monoisotopic (exact) mass is 285 g/mol. The van der Waals surface area contributed by atoms with Crippen molar-refractivity contribution in [3.05, 3.63) is 65.7 Å². The Morgan fingerprint density at radius 3 is 2.33 bits per heavy atom. The van der Waals surface area contributed by atoms with Crippen LogP contribution in [0.3, 0.4) is 0 Å². The van der Waals surface area contributed by atoms with Crippen molar-refractivity contribution in [2.24, 2.45) is 0 Å². The molecule has 4 nitrogen and oxygen atoms in total. The van der Waals surface area contributed by atoms with E-state index >= 15 is 0 Å². The summed E-state index contributed by atoms with van der Waals surface area (Å²) in [4.78, 5) is 12.4. The Morgan fingerprint density at radius 1 is 1.05 bits per heavy atom. The highest BCUT2D eigenvalue weighted by molar-refractivity contribution is 5.69. The van der Waals surface area contributed by atoms with E-state index in [1.807, 2.05) is 54.6 Å². The summed E-state index contributed by atoms with van der Waals surface area (Å²) in [5.74, 6) is -0.0104. The quantitative estimate of drug-likeness (QED) is 0.850. The zero-order valence-electron chi connectivity index (χ0n) is 12.0. The fourth-order valence-corrected chi connectivity index (χ4v) is 2.03. The normalized spacial score (nSPS) is 10.6. The summed E-state index contributed by atoms with van der Waals surface area (Å²) >= 11 is 0. The molecule has 0 saturated heterocycles. The number of aliphatic carboxylic acids is 1. The lowest BCUT2D eigenvalue weighted by molar-refractivity contribution is -0.138. The number of ether oxygens (including phenoxy) is 1. The average molecular weight is 285 g/mol. The number of rotatable bonds is 7. The van der Waals surface area contributed by atoms with Gasteiger partial charge in [-0.1, -0.05) is 42.5 Å². The Kier molecular flexibility index (Phi) is 5.35. The van der Waals surface area contributed by atoms with Crippen molar-refractivity contribution in [2.75, 3.05) is 13.6 Å². The van der Waals surface area contributed by atoms with Crippen molar-refractivity contribution in [1.29, 1.82) is 0 Å². The summed E-state index contributed by atoms with van der Waals surface area (Å²) in [5, 5.41) is 8.72. The number of carboxylic acid groups (broad SMARTS) is 1. The van der Waals surface area contributed by atoms with Crippen LogP contribution in [0.2, 0.25) is 0 Å². The van der Waals surface area contributed by atoms with E-state index in [4.69, 9.17) is 9.84 Å². The topological polar surface area (TPSA) is 49.8 Å². The minimum atomic E-state index is -0.819. The van der Waals surface area contributed by atoms with Crippen LogP contribution in [0.4, 0.5) is 0 Å². The van der Waals surface area contributed by atoms with Crippen LogP contribution in [0.5, 0.6) is 5.75 Å². The maximum Gasteiger partial charge on any atom is 0.317 e. The molecule has 0 atom stereocenters. The van der Waals surface area contributed by atoms with Gasteiger partial charge in [0.05, 0.1) is 6.54 Å². The summed E-state index contributed by atoms with van der Waals surface area (Å²) in [6, 6.07) is 17.7. The largest absolute Gasteiger partial charge is 0.489 e. The SMILES string of the molecule is CN(CC(=O)O)Cc1ccc(OCc2ccccc2)cc1. The molecular formula is C17H19NO3. The van der Waals surface area contributed by atoms with Gasteiger partial charge in [-0.25, -0.2) is 0 Å². The predicted octanol–water partition coefficient (Wildman–Crippen LogP) is 2.78. The van der Waals surface area contributed by atoms with Gasteiger partial charge in [-0.05, 0) is 30.3 Å². The van der Waals surface area contributed by atoms with Crippen molar-refractivity contribution in [1.82, 2.24) is 4.90 Å². The third kappa shape index (κ3) is 5.28. The molecule has 1 N–H and O–H groups in total. The molecule has 0 aromatic heterocycles. The van der Waals surface area contributed by atoms with Gasteiger partial charge in [0.25, 0.3) is 0 Å². The minimum absolute atomic E-state index is 0.0340. The smallest absolute Gasteiger partial charge is 0.317 e. The van der Waals surface area contributed by atoms with E-state index in [2.05, 4.69) is 0 Å². The molecule has 0 fully saturated rings. The lowest BCUT2D eigenvalue weighted by Crippen LogP contribution is -2.25. The zero-order valence-corrected chi connectivity index (χ0v) is 12.0. The van der Waals surface area contributed by atoms with Crippen LogP contribution in [0.1, 0.15) is 11.1 Å².